The lowest BCUT2D eigenvalue weighted by Gasteiger charge is -2.21. The number of aromatic nitrogens is 3. The highest BCUT2D eigenvalue weighted by Gasteiger charge is 2.31. The van der Waals surface area contributed by atoms with Crippen molar-refractivity contribution in [3.8, 4) is 28.3 Å². The van der Waals surface area contributed by atoms with E-state index in [-0.39, 0.29) is 17.8 Å². The first-order valence-corrected chi connectivity index (χ1v) is 11.3. The summed E-state index contributed by atoms with van der Waals surface area (Å²) >= 11 is 0. The molecule has 6 nitrogen and oxygen atoms in total. The Morgan fingerprint density at radius 1 is 1.09 bits per heavy atom. The van der Waals surface area contributed by atoms with Gasteiger partial charge in [0.05, 0.1) is 17.5 Å². The molecule has 0 bridgehead atoms. The zero-order valence-electron chi connectivity index (χ0n) is 18.4. The SMILES string of the molecule is CNC[C@H]1CN(c2ccc3c(c2)Cn2cc(-c4ccc(F)cc4)cc2-c2nccn2-3)C[C@H]1O. The molecular formula is C26H26FN5O. The van der Waals surface area contributed by atoms with E-state index in [0.717, 1.165) is 47.1 Å². The van der Waals surface area contributed by atoms with Gasteiger partial charge >= 0.3 is 0 Å². The van der Waals surface area contributed by atoms with Crippen molar-refractivity contribution in [2.75, 3.05) is 31.6 Å². The highest BCUT2D eigenvalue weighted by atomic mass is 19.1. The molecular weight excluding hydrogens is 417 g/mol. The van der Waals surface area contributed by atoms with Crippen LogP contribution in [0.4, 0.5) is 10.1 Å². The molecule has 2 aromatic heterocycles. The number of benzene rings is 2. The zero-order chi connectivity index (χ0) is 22.5. The predicted molar refractivity (Wildman–Crippen MR) is 127 cm³/mol. The number of fused-ring (bicyclic) bond motifs is 5. The Morgan fingerprint density at radius 3 is 2.76 bits per heavy atom. The molecule has 0 saturated carbocycles. The van der Waals surface area contributed by atoms with Crippen LogP contribution in [-0.4, -0.2) is 52.0 Å². The molecule has 0 aliphatic carbocycles. The van der Waals surface area contributed by atoms with E-state index in [1.54, 1.807) is 0 Å². The van der Waals surface area contributed by atoms with E-state index in [9.17, 15) is 9.50 Å². The van der Waals surface area contributed by atoms with Gasteiger partial charge in [0.15, 0.2) is 5.82 Å². The molecule has 0 amide bonds. The number of aliphatic hydroxyl groups excluding tert-OH is 1. The predicted octanol–water partition coefficient (Wildman–Crippen LogP) is 3.53. The Balaban J connectivity index is 1.39. The second kappa shape index (κ2) is 7.86. The summed E-state index contributed by atoms with van der Waals surface area (Å²) in [4.78, 5) is 6.92. The molecule has 2 aromatic carbocycles. The van der Waals surface area contributed by atoms with Gasteiger partial charge in [0.2, 0.25) is 0 Å². The molecule has 0 radical (unpaired) electrons. The quantitative estimate of drug-likeness (QED) is 0.446. The van der Waals surface area contributed by atoms with Crippen molar-refractivity contribution in [3.05, 3.63) is 78.5 Å². The van der Waals surface area contributed by atoms with E-state index < -0.39 is 0 Å². The Bertz CT molecular complexity index is 1310. The summed E-state index contributed by atoms with van der Waals surface area (Å²) in [6.45, 7) is 2.99. The molecule has 33 heavy (non-hydrogen) atoms. The molecule has 2 N–H and O–H groups in total. The van der Waals surface area contributed by atoms with Gasteiger partial charge in [-0.3, -0.25) is 4.57 Å². The number of β-amino-alcohol motifs (C(OH)–C–C–N with tert-alkyl or cyclic N) is 1. The van der Waals surface area contributed by atoms with Crippen molar-refractivity contribution in [3.63, 3.8) is 0 Å². The normalized spacial score (nSPS) is 19.2. The van der Waals surface area contributed by atoms with Crippen molar-refractivity contribution in [2.45, 2.75) is 12.6 Å². The maximum Gasteiger partial charge on any atom is 0.161 e. The summed E-state index contributed by atoms with van der Waals surface area (Å²) in [5.74, 6) is 0.879. The highest BCUT2D eigenvalue weighted by molar-refractivity contribution is 5.72. The van der Waals surface area contributed by atoms with E-state index in [1.165, 1.54) is 17.7 Å². The Morgan fingerprint density at radius 2 is 1.94 bits per heavy atom. The summed E-state index contributed by atoms with van der Waals surface area (Å²) in [5.41, 5.74) is 6.48. The average molecular weight is 444 g/mol. The minimum Gasteiger partial charge on any atom is -0.391 e. The zero-order valence-corrected chi connectivity index (χ0v) is 18.4. The fourth-order valence-corrected chi connectivity index (χ4v) is 5.16. The number of hydrogen-bond donors (Lipinski definition) is 2. The fraction of sp³-hybridized carbons (Fsp3) is 0.269. The third-order valence-corrected chi connectivity index (χ3v) is 6.85. The van der Waals surface area contributed by atoms with Crippen molar-refractivity contribution >= 4 is 5.69 Å². The third-order valence-electron chi connectivity index (χ3n) is 6.85. The van der Waals surface area contributed by atoms with Gasteiger partial charge in [-0.15, -0.1) is 0 Å². The van der Waals surface area contributed by atoms with Crippen LogP contribution in [-0.2, 0) is 6.54 Å². The fourth-order valence-electron chi connectivity index (χ4n) is 5.16. The van der Waals surface area contributed by atoms with E-state index in [1.807, 2.05) is 31.6 Å². The molecule has 0 spiro atoms. The minimum atomic E-state index is -0.328. The number of imidazole rings is 1. The number of anilines is 1. The van der Waals surface area contributed by atoms with Crippen LogP contribution in [0, 0.1) is 11.7 Å². The molecule has 7 heteroatoms. The highest BCUT2D eigenvalue weighted by Crippen LogP contribution is 2.36. The van der Waals surface area contributed by atoms with Crippen molar-refractivity contribution < 1.29 is 9.50 Å². The largest absolute Gasteiger partial charge is 0.391 e. The summed E-state index contributed by atoms with van der Waals surface area (Å²) in [6.07, 6.45) is 5.61. The van der Waals surface area contributed by atoms with Crippen LogP contribution < -0.4 is 10.2 Å². The molecule has 1 fully saturated rings. The van der Waals surface area contributed by atoms with Crippen LogP contribution in [0.1, 0.15) is 5.56 Å². The first-order chi connectivity index (χ1) is 16.1. The van der Waals surface area contributed by atoms with Gasteiger partial charge in [-0.1, -0.05) is 12.1 Å². The lowest BCUT2D eigenvalue weighted by Crippen LogP contribution is -2.28. The molecule has 6 rings (SSSR count). The molecule has 2 aliphatic rings. The van der Waals surface area contributed by atoms with Gasteiger partial charge in [0.25, 0.3) is 0 Å². The number of nitrogens with zero attached hydrogens (tertiary/aromatic N) is 4. The number of halogens is 1. The lowest BCUT2D eigenvalue weighted by molar-refractivity contribution is 0.148. The van der Waals surface area contributed by atoms with E-state index in [2.05, 4.69) is 54.8 Å². The molecule has 2 aliphatic heterocycles. The first-order valence-electron chi connectivity index (χ1n) is 11.3. The topological polar surface area (TPSA) is 58.2 Å². The van der Waals surface area contributed by atoms with E-state index in [4.69, 9.17) is 0 Å². The minimum absolute atomic E-state index is 0.225. The Labute approximate surface area is 191 Å². The van der Waals surface area contributed by atoms with Crippen LogP contribution >= 0.6 is 0 Å². The van der Waals surface area contributed by atoms with Gasteiger partial charge in [-0.2, -0.15) is 0 Å². The van der Waals surface area contributed by atoms with Gasteiger partial charge in [-0.05, 0) is 54.6 Å². The standard InChI is InChI=1S/C26H26FN5O/c1-28-12-20-15-30(16-25(20)33)22-6-7-23-19(10-22)14-31-13-18(17-2-4-21(27)5-3-17)11-24(31)26-29-8-9-32(23)26/h2-11,13,20,25,28,33H,12,14-16H2,1H3/t20-,25+/m0/s1. The summed E-state index contributed by atoms with van der Waals surface area (Å²) in [5, 5.41) is 13.7. The number of hydrogen-bond acceptors (Lipinski definition) is 4. The summed E-state index contributed by atoms with van der Waals surface area (Å²) in [7, 11) is 1.93. The Hall–Kier alpha value is -3.42. The van der Waals surface area contributed by atoms with Gasteiger partial charge in [0, 0.05) is 61.9 Å². The second-order valence-electron chi connectivity index (χ2n) is 8.97. The Kier molecular flexibility index (Phi) is 4.81. The maximum absolute atomic E-state index is 13.4. The smallest absolute Gasteiger partial charge is 0.161 e. The van der Waals surface area contributed by atoms with Gasteiger partial charge < -0.3 is 19.9 Å². The van der Waals surface area contributed by atoms with Gasteiger partial charge in [0.1, 0.15) is 5.82 Å². The molecule has 2 atom stereocenters. The monoisotopic (exact) mass is 443 g/mol. The molecule has 0 unspecified atom stereocenters. The van der Waals surface area contributed by atoms with Crippen LogP contribution in [0.5, 0.6) is 0 Å². The van der Waals surface area contributed by atoms with Crippen molar-refractivity contribution in [1.82, 2.24) is 19.4 Å². The van der Waals surface area contributed by atoms with Crippen LogP contribution in [0.2, 0.25) is 0 Å². The van der Waals surface area contributed by atoms with Crippen molar-refractivity contribution in [2.24, 2.45) is 5.92 Å². The van der Waals surface area contributed by atoms with Crippen molar-refractivity contribution in [1.29, 1.82) is 0 Å². The van der Waals surface area contributed by atoms with Crippen LogP contribution in [0.3, 0.4) is 0 Å². The maximum atomic E-state index is 13.4. The number of aliphatic hydroxyl groups is 1. The van der Waals surface area contributed by atoms with Crippen LogP contribution in [0.25, 0.3) is 28.3 Å². The molecule has 4 aromatic rings. The third kappa shape index (κ3) is 3.44. The molecule has 1 saturated heterocycles. The van der Waals surface area contributed by atoms with E-state index >= 15 is 0 Å². The summed E-state index contributed by atoms with van der Waals surface area (Å²) in [6, 6.07) is 15.3. The van der Waals surface area contributed by atoms with E-state index in [0.29, 0.717) is 13.1 Å². The first kappa shape index (κ1) is 20.2. The number of rotatable bonds is 4. The van der Waals surface area contributed by atoms with Gasteiger partial charge in [-0.25, -0.2) is 9.37 Å². The lowest BCUT2D eigenvalue weighted by atomic mass is 10.1. The molecule has 4 heterocycles. The second-order valence-corrected chi connectivity index (χ2v) is 8.97. The average Bonchev–Trinajstić information content (AvgIpc) is 3.52. The number of nitrogens with one attached hydrogen (secondary N) is 1. The summed E-state index contributed by atoms with van der Waals surface area (Å²) < 4.78 is 17.8. The molecule has 168 valence electrons. The van der Waals surface area contributed by atoms with Crippen LogP contribution in [0.15, 0.2) is 67.1 Å².